The van der Waals surface area contributed by atoms with Crippen LogP contribution in [0.1, 0.15) is 11.1 Å². The molecule has 172 valence electrons. The normalized spacial score (nSPS) is 24.2. The van der Waals surface area contributed by atoms with Crippen LogP contribution in [-0.2, 0) is 17.5 Å². The number of fused-ring (bicyclic) bond motifs is 1. The van der Waals surface area contributed by atoms with Crippen molar-refractivity contribution in [2.75, 3.05) is 57.4 Å². The van der Waals surface area contributed by atoms with E-state index in [1.54, 1.807) is 4.90 Å². The van der Waals surface area contributed by atoms with Gasteiger partial charge in [0.15, 0.2) is 0 Å². The van der Waals surface area contributed by atoms with Gasteiger partial charge in [0.05, 0.1) is 25.0 Å². The van der Waals surface area contributed by atoms with Gasteiger partial charge in [-0.2, -0.15) is 23.0 Å². The van der Waals surface area contributed by atoms with Crippen molar-refractivity contribution >= 4 is 11.7 Å². The number of alkyl halides is 3. The quantitative estimate of drug-likeness (QED) is 0.722. The zero-order valence-corrected chi connectivity index (χ0v) is 17.7. The first-order valence-corrected chi connectivity index (χ1v) is 10.9. The minimum atomic E-state index is -4.50. The van der Waals surface area contributed by atoms with Crippen LogP contribution in [0, 0.1) is 11.8 Å². The Morgan fingerprint density at radius 1 is 1.09 bits per heavy atom. The van der Waals surface area contributed by atoms with E-state index in [1.165, 1.54) is 11.3 Å². The fourth-order valence-corrected chi connectivity index (χ4v) is 5.03. The molecule has 0 radical (unpaired) electrons. The summed E-state index contributed by atoms with van der Waals surface area (Å²) in [4.78, 5) is 19.0. The van der Waals surface area contributed by atoms with Crippen LogP contribution in [0.25, 0.3) is 0 Å². The molecule has 0 bridgehead atoms. The second kappa shape index (κ2) is 8.40. The van der Waals surface area contributed by atoms with Crippen molar-refractivity contribution < 1.29 is 22.7 Å². The lowest BCUT2D eigenvalue weighted by molar-refractivity contribution is -0.137. The Morgan fingerprint density at radius 2 is 1.81 bits per heavy atom. The molecular formula is C22H26F3N5O2. The lowest BCUT2D eigenvalue weighted by Gasteiger charge is -2.29. The average molecular weight is 449 g/mol. The summed E-state index contributed by atoms with van der Waals surface area (Å²) in [5.74, 6) is 0.665. The zero-order valence-electron chi connectivity index (χ0n) is 17.7. The maximum atomic E-state index is 12.8. The number of hydrogen-bond acceptors (Lipinski definition) is 5. The highest BCUT2D eigenvalue weighted by Crippen LogP contribution is 2.33. The van der Waals surface area contributed by atoms with E-state index in [-0.39, 0.29) is 0 Å². The van der Waals surface area contributed by atoms with Gasteiger partial charge in [-0.1, -0.05) is 12.1 Å². The van der Waals surface area contributed by atoms with Crippen molar-refractivity contribution in [2.45, 2.75) is 12.7 Å². The second-order valence-corrected chi connectivity index (χ2v) is 8.84. The minimum absolute atomic E-state index is 0.332. The third-order valence-corrected chi connectivity index (χ3v) is 6.63. The molecule has 2 atom stereocenters. The molecule has 10 heteroatoms. The van der Waals surface area contributed by atoms with Gasteiger partial charge in [-0.05, 0) is 29.5 Å². The third kappa shape index (κ3) is 4.33. The number of likely N-dealkylation sites (tertiary alicyclic amines) is 2. The van der Waals surface area contributed by atoms with E-state index in [9.17, 15) is 18.0 Å². The molecule has 2 unspecified atom stereocenters. The molecule has 0 saturated carbocycles. The molecule has 32 heavy (non-hydrogen) atoms. The first-order valence-electron chi connectivity index (χ1n) is 10.9. The number of rotatable bonds is 3. The molecule has 0 aliphatic carbocycles. The zero-order chi connectivity index (χ0) is 22.3. The maximum absolute atomic E-state index is 12.8. The summed E-state index contributed by atoms with van der Waals surface area (Å²) in [6.07, 6.45) is -3.04. The first-order chi connectivity index (χ1) is 15.4. The molecule has 0 N–H and O–H groups in total. The first kappa shape index (κ1) is 21.3. The highest BCUT2D eigenvalue weighted by Gasteiger charge is 2.42. The van der Waals surface area contributed by atoms with E-state index in [4.69, 9.17) is 4.74 Å². The fourth-order valence-electron chi connectivity index (χ4n) is 5.03. The van der Waals surface area contributed by atoms with Gasteiger partial charge in [0.1, 0.15) is 0 Å². The summed E-state index contributed by atoms with van der Waals surface area (Å²) in [5.41, 5.74) is 1.58. The standard InChI is InChI=1S/C22H26F3N5O2/c23-22(24,25)19-9-26-30(15-19)21(31)29-13-17-11-27(12-18(17)14-29)10-16-2-1-3-20(8-16)28-4-6-32-7-5-28/h1-3,8-9,15,17-18H,4-7,10-14H2. The van der Waals surface area contributed by atoms with Crippen molar-refractivity contribution in [3.05, 3.63) is 47.8 Å². The Hall–Kier alpha value is -2.59. The number of benzene rings is 1. The second-order valence-electron chi connectivity index (χ2n) is 8.84. The van der Waals surface area contributed by atoms with Crippen molar-refractivity contribution in [1.82, 2.24) is 19.6 Å². The number of hydrogen-bond donors (Lipinski definition) is 0. The topological polar surface area (TPSA) is 53.8 Å². The Kier molecular flexibility index (Phi) is 5.58. The van der Waals surface area contributed by atoms with Crippen LogP contribution < -0.4 is 4.90 Å². The molecule has 4 heterocycles. The lowest BCUT2D eigenvalue weighted by atomic mass is 10.0. The predicted molar refractivity (Wildman–Crippen MR) is 111 cm³/mol. The van der Waals surface area contributed by atoms with Gasteiger partial charge in [0.25, 0.3) is 0 Å². The number of carbonyl (C=O) groups is 1. The third-order valence-electron chi connectivity index (χ3n) is 6.63. The molecule has 1 amide bonds. The molecular weight excluding hydrogens is 423 g/mol. The van der Waals surface area contributed by atoms with Gasteiger partial charge < -0.3 is 14.5 Å². The number of morpholine rings is 1. The minimum Gasteiger partial charge on any atom is -0.378 e. The number of ether oxygens (including phenoxy) is 1. The van der Waals surface area contributed by atoms with Crippen LogP contribution >= 0.6 is 0 Å². The van der Waals surface area contributed by atoms with Crippen molar-refractivity contribution in [2.24, 2.45) is 11.8 Å². The van der Waals surface area contributed by atoms with Gasteiger partial charge in [0, 0.05) is 57.7 Å². The summed E-state index contributed by atoms with van der Waals surface area (Å²) in [7, 11) is 0. The van der Waals surface area contributed by atoms with Gasteiger partial charge in [-0.15, -0.1) is 0 Å². The highest BCUT2D eigenvalue weighted by atomic mass is 19.4. The van der Waals surface area contributed by atoms with Crippen LogP contribution in [0.3, 0.4) is 0 Å². The number of nitrogens with zero attached hydrogens (tertiary/aromatic N) is 5. The van der Waals surface area contributed by atoms with Gasteiger partial charge in [0.2, 0.25) is 0 Å². The number of aromatic nitrogens is 2. The largest absolute Gasteiger partial charge is 0.419 e. The molecule has 5 rings (SSSR count). The molecule has 1 aromatic carbocycles. The van der Waals surface area contributed by atoms with Crippen LogP contribution in [0.2, 0.25) is 0 Å². The van der Waals surface area contributed by atoms with E-state index in [0.29, 0.717) is 31.1 Å². The summed E-state index contributed by atoms with van der Waals surface area (Å²) >= 11 is 0. The van der Waals surface area contributed by atoms with Crippen LogP contribution in [0.15, 0.2) is 36.7 Å². The van der Waals surface area contributed by atoms with E-state index in [2.05, 4.69) is 39.2 Å². The lowest BCUT2D eigenvalue weighted by Crippen LogP contribution is -2.36. The Morgan fingerprint density at radius 3 is 2.47 bits per heavy atom. The Balaban J connectivity index is 1.17. The number of amides is 1. The summed E-state index contributed by atoms with van der Waals surface area (Å²) in [5, 5.41) is 3.62. The van der Waals surface area contributed by atoms with Gasteiger partial charge >= 0.3 is 12.2 Å². The molecule has 3 aliphatic heterocycles. The molecule has 1 aromatic heterocycles. The maximum Gasteiger partial charge on any atom is 0.419 e. The van der Waals surface area contributed by atoms with E-state index in [0.717, 1.165) is 56.8 Å². The molecule has 2 aromatic rings. The monoisotopic (exact) mass is 449 g/mol. The molecule has 0 spiro atoms. The summed E-state index contributed by atoms with van der Waals surface area (Å²) < 4.78 is 44.6. The van der Waals surface area contributed by atoms with Crippen molar-refractivity contribution in [3.8, 4) is 0 Å². The van der Waals surface area contributed by atoms with Gasteiger partial charge in [-0.25, -0.2) is 4.79 Å². The summed E-state index contributed by atoms with van der Waals surface area (Å²) in [6, 6.07) is 8.13. The molecule has 3 fully saturated rings. The smallest absolute Gasteiger partial charge is 0.378 e. The predicted octanol–water partition coefficient (Wildman–Crippen LogP) is 2.77. The van der Waals surface area contributed by atoms with Crippen molar-refractivity contribution in [3.63, 3.8) is 0 Å². The number of carbonyl (C=O) groups excluding carboxylic acids is 1. The van der Waals surface area contributed by atoms with Crippen LogP contribution in [-0.4, -0.2) is 78.1 Å². The molecule has 3 aliphatic rings. The van der Waals surface area contributed by atoms with Crippen LogP contribution in [0.5, 0.6) is 0 Å². The van der Waals surface area contributed by atoms with E-state index >= 15 is 0 Å². The fraction of sp³-hybridized carbons (Fsp3) is 0.545. The van der Waals surface area contributed by atoms with Crippen LogP contribution in [0.4, 0.5) is 23.7 Å². The summed E-state index contributed by atoms with van der Waals surface area (Å²) in [6.45, 7) is 7.03. The van der Waals surface area contributed by atoms with Gasteiger partial charge in [-0.3, -0.25) is 4.90 Å². The highest BCUT2D eigenvalue weighted by molar-refractivity contribution is 5.76. The Bertz CT molecular complexity index is 958. The number of anilines is 1. The molecule has 3 saturated heterocycles. The van der Waals surface area contributed by atoms with E-state index in [1.807, 2.05) is 0 Å². The van der Waals surface area contributed by atoms with E-state index < -0.39 is 17.8 Å². The van der Waals surface area contributed by atoms with Crippen molar-refractivity contribution in [1.29, 1.82) is 0 Å². The molecule has 7 nitrogen and oxygen atoms in total. The SMILES string of the molecule is O=C(N1CC2CN(Cc3cccc(N4CCOCC4)c3)CC2C1)n1cc(C(F)(F)F)cn1. The number of halogens is 3. The Labute approximate surface area is 184 Å². The average Bonchev–Trinajstić information content (AvgIpc) is 3.49.